The van der Waals surface area contributed by atoms with Crippen LogP contribution in [0.15, 0.2) is 36.5 Å². The standard InChI is InChI=1S/C57H104O6/c1-4-7-10-13-16-19-22-24-26-27-28-29-30-32-33-35-38-41-44-47-50-56(59)62-53-54(52-61-55(58)49-46-43-40-37-21-18-15-12-9-6-3)63-57(60)51-48-45-42-39-36-34-31-25-23-20-17-14-11-8-5-2/h8,11,17,20,25,31,54H,4-7,9-10,12-16,18-19,21-24,26-30,32-53H2,1-3H3/b11-8-,20-17-,31-25-. The third kappa shape index (κ3) is 50.5. The van der Waals surface area contributed by atoms with Crippen LogP contribution in [0.3, 0.4) is 0 Å². The van der Waals surface area contributed by atoms with Crippen LogP contribution in [0.25, 0.3) is 0 Å². The molecule has 1 unspecified atom stereocenters. The summed E-state index contributed by atoms with van der Waals surface area (Å²) in [6, 6.07) is 0. The van der Waals surface area contributed by atoms with E-state index in [9.17, 15) is 14.4 Å². The zero-order valence-corrected chi connectivity index (χ0v) is 42.1. The predicted octanol–water partition coefficient (Wildman–Crippen LogP) is 18.1. The summed E-state index contributed by atoms with van der Waals surface area (Å²) < 4.78 is 16.8. The SMILES string of the molecule is CC/C=C\C/C=C\C/C=C\CCCCCCCC(=O)OC(COC(=O)CCCCCCCCCCCC)COC(=O)CCCCCCCCCCCCCCCCCCCCCC. The molecule has 1 atom stereocenters. The summed E-state index contributed by atoms with van der Waals surface area (Å²) in [5.74, 6) is -0.879. The van der Waals surface area contributed by atoms with Crippen molar-refractivity contribution in [2.75, 3.05) is 13.2 Å². The molecule has 0 amide bonds. The van der Waals surface area contributed by atoms with Crippen molar-refractivity contribution in [1.29, 1.82) is 0 Å². The highest BCUT2D eigenvalue weighted by Crippen LogP contribution is 2.17. The van der Waals surface area contributed by atoms with Gasteiger partial charge in [-0.3, -0.25) is 14.4 Å². The Balaban J connectivity index is 4.27. The third-order valence-corrected chi connectivity index (χ3v) is 12.2. The van der Waals surface area contributed by atoms with Crippen LogP contribution in [-0.4, -0.2) is 37.2 Å². The number of carbonyl (C=O) groups is 3. The molecule has 0 fully saturated rings. The Morgan fingerprint density at radius 3 is 0.968 bits per heavy atom. The van der Waals surface area contributed by atoms with Crippen LogP contribution in [0.5, 0.6) is 0 Å². The molecule has 0 heterocycles. The number of carbonyl (C=O) groups excluding carboxylic acids is 3. The molecule has 0 saturated heterocycles. The maximum Gasteiger partial charge on any atom is 0.306 e. The molecule has 6 nitrogen and oxygen atoms in total. The van der Waals surface area contributed by atoms with Crippen LogP contribution in [0, 0.1) is 0 Å². The summed E-state index contributed by atoms with van der Waals surface area (Å²) >= 11 is 0. The first-order valence-electron chi connectivity index (χ1n) is 27.5. The molecule has 368 valence electrons. The normalized spacial score (nSPS) is 12.2. The highest BCUT2D eigenvalue weighted by molar-refractivity contribution is 5.71. The third-order valence-electron chi connectivity index (χ3n) is 12.2. The average Bonchev–Trinajstić information content (AvgIpc) is 3.28. The second-order valence-electron chi connectivity index (χ2n) is 18.5. The van der Waals surface area contributed by atoms with E-state index in [0.29, 0.717) is 19.3 Å². The molecule has 0 rings (SSSR count). The largest absolute Gasteiger partial charge is 0.462 e. The van der Waals surface area contributed by atoms with Gasteiger partial charge in [0.2, 0.25) is 0 Å². The second-order valence-corrected chi connectivity index (χ2v) is 18.5. The van der Waals surface area contributed by atoms with Gasteiger partial charge >= 0.3 is 17.9 Å². The number of ether oxygens (including phenoxy) is 3. The van der Waals surface area contributed by atoms with Gasteiger partial charge in [0, 0.05) is 19.3 Å². The molecule has 0 aromatic rings. The average molecular weight is 885 g/mol. The number of hydrogen-bond donors (Lipinski definition) is 0. The highest BCUT2D eigenvalue weighted by atomic mass is 16.6. The van der Waals surface area contributed by atoms with Crippen molar-refractivity contribution in [2.45, 2.75) is 297 Å². The van der Waals surface area contributed by atoms with Gasteiger partial charge in [-0.1, -0.05) is 256 Å². The molecule has 0 aliphatic heterocycles. The molecular formula is C57H104O6. The van der Waals surface area contributed by atoms with Crippen molar-refractivity contribution in [3.05, 3.63) is 36.5 Å². The Hall–Kier alpha value is -2.37. The Kier molecular flexibility index (Phi) is 50.3. The summed E-state index contributed by atoms with van der Waals surface area (Å²) in [6.45, 7) is 6.54. The minimum absolute atomic E-state index is 0.0749. The first-order chi connectivity index (χ1) is 31.0. The minimum Gasteiger partial charge on any atom is -0.462 e. The van der Waals surface area contributed by atoms with Crippen molar-refractivity contribution in [3.8, 4) is 0 Å². The molecule has 0 spiro atoms. The second kappa shape index (κ2) is 52.3. The lowest BCUT2D eigenvalue weighted by Gasteiger charge is -2.18. The minimum atomic E-state index is -0.776. The molecule has 0 aromatic heterocycles. The smallest absolute Gasteiger partial charge is 0.306 e. The van der Waals surface area contributed by atoms with Crippen LogP contribution in [0.4, 0.5) is 0 Å². The zero-order valence-electron chi connectivity index (χ0n) is 42.1. The predicted molar refractivity (Wildman–Crippen MR) is 270 cm³/mol. The summed E-state index contributed by atoms with van der Waals surface area (Å²) in [6.07, 6.45) is 61.4. The fourth-order valence-corrected chi connectivity index (χ4v) is 8.05. The number of hydrogen-bond acceptors (Lipinski definition) is 6. The molecule has 63 heavy (non-hydrogen) atoms. The van der Waals surface area contributed by atoms with E-state index in [2.05, 4.69) is 57.2 Å². The van der Waals surface area contributed by atoms with E-state index >= 15 is 0 Å². The molecule has 0 aliphatic carbocycles. The molecule has 0 aliphatic rings. The van der Waals surface area contributed by atoms with Crippen LogP contribution in [0.2, 0.25) is 0 Å². The summed E-state index contributed by atoms with van der Waals surface area (Å²) in [7, 11) is 0. The van der Waals surface area contributed by atoms with E-state index in [0.717, 1.165) is 96.3 Å². The van der Waals surface area contributed by atoms with E-state index in [1.54, 1.807) is 0 Å². The van der Waals surface area contributed by atoms with Crippen molar-refractivity contribution < 1.29 is 28.6 Å². The van der Waals surface area contributed by atoms with Crippen LogP contribution >= 0.6 is 0 Å². The van der Waals surface area contributed by atoms with E-state index in [-0.39, 0.29) is 31.1 Å². The molecule has 0 saturated carbocycles. The molecule has 0 aromatic carbocycles. The Labute approximate surface area is 391 Å². The number of unbranched alkanes of at least 4 members (excludes halogenated alkanes) is 33. The fraction of sp³-hybridized carbons (Fsp3) is 0.842. The highest BCUT2D eigenvalue weighted by Gasteiger charge is 2.19. The van der Waals surface area contributed by atoms with Gasteiger partial charge in [-0.2, -0.15) is 0 Å². The molecular weight excluding hydrogens is 781 g/mol. The monoisotopic (exact) mass is 885 g/mol. The van der Waals surface area contributed by atoms with Gasteiger partial charge in [0.15, 0.2) is 6.10 Å². The lowest BCUT2D eigenvalue weighted by atomic mass is 10.0. The van der Waals surface area contributed by atoms with E-state index in [4.69, 9.17) is 14.2 Å². The van der Waals surface area contributed by atoms with Gasteiger partial charge in [-0.05, 0) is 51.4 Å². The molecule has 6 heteroatoms. The van der Waals surface area contributed by atoms with Gasteiger partial charge in [-0.15, -0.1) is 0 Å². The number of esters is 3. The topological polar surface area (TPSA) is 78.9 Å². The Morgan fingerprint density at radius 1 is 0.333 bits per heavy atom. The Bertz CT molecular complexity index is 1060. The van der Waals surface area contributed by atoms with Gasteiger partial charge in [0.05, 0.1) is 0 Å². The summed E-state index contributed by atoms with van der Waals surface area (Å²) in [4.78, 5) is 38.0. The Morgan fingerprint density at radius 2 is 0.619 bits per heavy atom. The molecule has 0 bridgehead atoms. The maximum absolute atomic E-state index is 12.8. The lowest BCUT2D eigenvalue weighted by Crippen LogP contribution is -2.30. The van der Waals surface area contributed by atoms with E-state index < -0.39 is 6.10 Å². The fourth-order valence-electron chi connectivity index (χ4n) is 8.05. The maximum atomic E-state index is 12.8. The van der Waals surface area contributed by atoms with Gasteiger partial charge in [-0.25, -0.2) is 0 Å². The van der Waals surface area contributed by atoms with Crippen LogP contribution < -0.4 is 0 Å². The molecule has 0 radical (unpaired) electrons. The van der Waals surface area contributed by atoms with Crippen molar-refractivity contribution in [1.82, 2.24) is 0 Å². The summed E-state index contributed by atoms with van der Waals surface area (Å²) in [5.41, 5.74) is 0. The van der Waals surface area contributed by atoms with Crippen molar-refractivity contribution in [3.63, 3.8) is 0 Å². The quantitative estimate of drug-likeness (QED) is 0.0262. The van der Waals surface area contributed by atoms with E-state index in [1.165, 1.54) is 154 Å². The zero-order chi connectivity index (χ0) is 45.8. The van der Waals surface area contributed by atoms with Crippen LogP contribution in [-0.2, 0) is 28.6 Å². The van der Waals surface area contributed by atoms with Gasteiger partial charge in [0.25, 0.3) is 0 Å². The van der Waals surface area contributed by atoms with Crippen LogP contribution in [0.1, 0.15) is 290 Å². The number of rotatable bonds is 50. The van der Waals surface area contributed by atoms with Crippen molar-refractivity contribution >= 4 is 17.9 Å². The molecule has 0 N–H and O–H groups in total. The van der Waals surface area contributed by atoms with E-state index in [1.807, 2.05) is 0 Å². The first-order valence-corrected chi connectivity index (χ1v) is 27.5. The number of allylic oxidation sites excluding steroid dienone is 6. The lowest BCUT2D eigenvalue weighted by molar-refractivity contribution is -0.167. The van der Waals surface area contributed by atoms with Gasteiger partial charge in [0.1, 0.15) is 13.2 Å². The van der Waals surface area contributed by atoms with Gasteiger partial charge < -0.3 is 14.2 Å². The first kappa shape index (κ1) is 60.6. The van der Waals surface area contributed by atoms with Crippen molar-refractivity contribution in [2.24, 2.45) is 0 Å². The summed E-state index contributed by atoms with van der Waals surface area (Å²) in [5, 5.41) is 0.